The van der Waals surface area contributed by atoms with E-state index in [1.807, 2.05) is 44.2 Å². The number of rotatable bonds is 6. The molecule has 0 radical (unpaired) electrons. The van der Waals surface area contributed by atoms with Gasteiger partial charge in [0.2, 0.25) is 10.0 Å². The number of aliphatic hydroxyl groups is 1. The van der Waals surface area contributed by atoms with Crippen molar-refractivity contribution >= 4 is 10.0 Å². The molecule has 1 N–H and O–H groups in total. The van der Waals surface area contributed by atoms with Gasteiger partial charge < -0.3 is 5.11 Å². The van der Waals surface area contributed by atoms with Gasteiger partial charge in [0.05, 0.1) is 11.4 Å². The molecule has 1 fully saturated rings. The number of hydrogen-bond acceptors (Lipinski definition) is 3. The fourth-order valence-corrected chi connectivity index (χ4v) is 4.64. The van der Waals surface area contributed by atoms with E-state index >= 15 is 0 Å². The van der Waals surface area contributed by atoms with Crippen LogP contribution in [-0.2, 0) is 10.0 Å². The number of sulfonamides is 1. The third kappa shape index (κ3) is 3.40. The van der Waals surface area contributed by atoms with Crippen LogP contribution in [0.5, 0.6) is 0 Å². The molecule has 0 amide bonds. The third-order valence-corrected chi connectivity index (χ3v) is 5.85. The Morgan fingerprint density at radius 1 is 1.30 bits per heavy atom. The summed E-state index contributed by atoms with van der Waals surface area (Å²) < 4.78 is 26.0. The van der Waals surface area contributed by atoms with Crippen molar-refractivity contribution in [3.05, 3.63) is 35.9 Å². The van der Waals surface area contributed by atoms with E-state index in [4.69, 9.17) is 0 Å². The van der Waals surface area contributed by atoms with Gasteiger partial charge in [-0.1, -0.05) is 50.6 Å². The van der Waals surface area contributed by atoms with Crippen molar-refractivity contribution in [2.45, 2.75) is 38.2 Å². The van der Waals surface area contributed by atoms with Gasteiger partial charge in [-0.15, -0.1) is 0 Å². The van der Waals surface area contributed by atoms with Gasteiger partial charge in [-0.25, -0.2) is 8.42 Å². The zero-order chi connectivity index (χ0) is 14.8. The molecule has 2 rings (SSSR count). The molecule has 112 valence electrons. The Balaban J connectivity index is 1.96. The molecule has 4 nitrogen and oxygen atoms in total. The average Bonchev–Trinajstić information content (AvgIpc) is 2.36. The first-order valence-electron chi connectivity index (χ1n) is 7.11. The Bertz CT molecular complexity index is 535. The molecule has 20 heavy (non-hydrogen) atoms. The maximum atomic E-state index is 12.3. The molecule has 1 unspecified atom stereocenters. The zero-order valence-electron chi connectivity index (χ0n) is 12.1. The lowest BCUT2D eigenvalue weighted by Gasteiger charge is -2.45. The Labute approximate surface area is 121 Å². The van der Waals surface area contributed by atoms with Gasteiger partial charge in [0, 0.05) is 13.1 Å². The van der Waals surface area contributed by atoms with Crippen molar-refractivity contribution in [1.82, 2.24) is 4.31 Å². The second-order valence-corrected chi connectivity index (χ2v) is 7.85. The average molecular weight is 297 g/mol. The van der Waals surface area contributed by atoms with Gasteiger partial charge in [0.1, 0.15) is 0 Å². The first kappa shape index (κ1) is 15.5. The molecular weight excluding hydrogens is 274 g/mol. The largest absolute Gasteiger partial charge is 0.387 e. The quantitative estimate of drug-likeness (QED) is 0.873. The summed E-state index contributed by atoms with van der Waals surface area (Å²) in [5.74, 6) is 0.0558. The predicted molar refractivity (Wildman–Crippen MR) is 80.1 cm³/mol. The third-order valence-electron chi connectivity index (χ3n) is 3.88. The summed E-state index contributed by atoms with van der Waals surface area (Å²) in [5.41, 5.74) is 0.220. The minimum atomic E-state index is -3.29. The van der Waals surface area contributed by atoms with Crippen LogP contribution in [0.15, 0.2) is 30.3 Å². The second-order valence-electron chi connectivity index (χ2n) is 5.83. The van der Waals surface area contributed by atoms with Gasteiger partial charge in [-0.2, -0.15) is 4.31 Å². The molecule has 0 aromatic heterocycles. The molecule has 0 bridgehead atoms. The molecule has 1 aliphatic heterocycles. The van der Waals surface area contributed by atoms with Crippen LogP contribution < -0.4 is 0 Å². The Kier molecular flexibility index (Phi) is 4.52. The highest BCUT2D eigenvalue weighted by atomic mass is 32.2. The number of β-amino-alcohol motifs (C(OH)–C–C–N with tert-alkyl or cyclic N) is 1. The lowest BCUT2D eigenvalue weighted by atomic mass is 9.92. The van der Waals surface area contributed by atoms with E-state index in [1.165, 1.54) is 4.31 Å². The second kappa shape index (κ2) is 5.84. The van der Waals surface area contributed by atoms with Crippen LogP contribution >= 0.6 is 0 Å². The molecular formula is C15H23NO3S. The minimum absolute atomic E-state index is 0.0407. The Morgan fingerprint density at radius 2 is 1.90 bits per heavy atom. The summed E-state index contributed by atoms with van der Waals surface area (Å²) in [4.78, 5) is 0. The summed E-state index contributed by atoms with van der Waals surface area (Å²) in [5, 5.41) is 10.1. The van der Waals surface area contributed by atoms with Crippen LogP contribution in [0, 0.1) is 0 Å². The van der Waals surface area contributed by atoms with Crippen molar-refractivity contribution in [3.8, 4) is 0 Å². The molecule has 5 heteroatoms. The van der Waals surface area contributed by atoms with E-state index in [0.29, 0.717) is 6.42 Å². The van der Waals surface area contributed by atoms with Crippen LogP contribution in [0.3, 0.4) is 0 Å². The Morgan fingerprint density at radius 3 is 2.45 bits per heavy atom. The van der Waals surface area contributed by atoms with E-state index in [9.17, 15) is 13.5 Å². The van der Waals surface area contributed by atoms with Gasteiger partial charge in [0.15, 0.2) is 0 Å². The maximum Gasteiger partial charge on any atom is 0.214 e. The lowest BCUT2D eigenvalue weighted by Crippen LogP contribution is -2.63. The predicted octanol–water partition coefficient (Wildman–Crippen LogP) is 1.97. The van der Waals surface area contributed by atoms with Crippen LogP contribution in [0.4, 0.5) is 0 Å². The number of hydrogen-bond donors (Lipinski definition) is 1. The summed E-state index contributed by atoms with van der Waals surface area (Å²) in [7, 11) is -3.29. The smallest absolute Gasteiger partial charge is 0.214 e. The van der Waals surface area contributed by atoms with Crippen LogP contribution in [0.25, 0.3) is 0 Å². The minimum Gasteiger partial charge on any atom is -0.387 e. The molecule has 1 aromatic carbocycles. The summed E-state index contributed by atoms with van der Waals surface area (Å²) in [6.45, 7) is 4.40. The number of benzene rings is 1. The fraction of sp³-hybridized carbons (Fsp3) is 0.600. The number of nitrogens with zero attached hydrogens (tertiary/aromatic N) is 1. The van der Waals surface area contributed by atoms with E-state index in [-0.39, 0.29) is 24.8 Å². The van der Waals surface area contributed by atoms with Crippen molar-refractivity contribution in [2.75, 3.05) is 18.8 Å². The van der Waals surface area contributed by atoms with Crippen molar-refractivity contribution in [3.63, 3.8) is 0 Å². The lowest BCUT2D eigenvalue weighted by molar-refractivity contribution is -0.0653. The van der Waals surface area contributed by atoms with Crippen molar-refractivity contribution in [1.29, 1.82) is 0 Å². The highest BCUT2D eigenvalue weighted by Crippen LogP contribution is 2.30. The molecule has 1 atom stereocenters. The first-order valence-corrected chi connectivity index (χ1v) is 8.72. The molecule has 0 saturated carbocycles. The Hall–Kier alpha value is -0.910. The molecule has 0 aliphatic carbocycles. The topological polar surface area (TPSA) is 57.6 Å². The van der Waals surface area contributed by atoms with Crippen molar-refractivity contribution < 1.29 is 13.5 Å². The van der Waals surface area contributed by atoms with E-state index < -0.39 is 15.6 Å². The molecule has 1 saturated heterocycles. The monoisotopic (exact) mass is 297 g/mol. The van der Waals surface area contributed by atoms with E-state index in [1.54, 1.807) is 0 Å². The summed E-state index contributed by atoms with van der Waals surface area (Å²) in [6.07, 6.45) is 1.53. The molecule has 0 spiro atoms. The SMILES string of the molecule is CCCC1(O)CN(S(=O)(=O)CC(C)c2ccccc2)C1. The van der Waals surface area contributed by atoms with E-state index in [2.05, 4.69) is 0 Å². The standard InChI is InChI=1S/C15H23NO3S/c1-3-9-15(17)11-16(12-15)20(18,19)10-13(2)14-7-5-4-6-8-14/h4-8,13,17H,3,9-12H2,1-2H3. The normalized spacial score (nSPS) is 20.4. The first-order chi connectivity index (χ1) is 9.36. The molecule has 1 aromatic rings. The van der Waals surface area contributed by atoms with Crippen LogP contribution in [0.2, 0.25) is 0 Å². The molecule has 1 aliphatic rings. The van der Waals surface area contributed by atoms with Gasteiger partial charge in [-0.3, -0.25) is 0 Å². The van der Waals surface area contributed by atoms with Crippen LogP contribution in [0.1, 0.15) is 38.2 Å². The fourth-order valence-electron chi connectivity index (χ4n) is 2.73. The van der Waals surface area contributed by atoms with Crippen LogP contribution in [-0.4, -0.2) is 42.3 Å². The maximum absolute atomic E-state index is 12.3. The van der Waals surface area contributed by atoms with E-state index in [0.717, 1.165) is 12.0 Å². The highest BCUT2D eigenvalue weighted by Gasteiger charge is 2.46. The molecule has 1 heterocycles. The summed E-state index contributed by atoms with van der Waals surface area (Å²) >= 11 is 0. The van der Waals surface area contributed by atoms with Gasteiger partial charge in [0.25, 0.3) is 0 Å². The van der Waals surface area contributed by atoms with Gasteiger partial charge >= 0.3 is 0 Å². The zero-order valence-corrected chi connectivity index (χ0v) is 12.9. The van der Waals surface area contributed by atoms with Crippen molar-refractivity contribution in [2.24, 2.45) is 0 Å². The highest BCUT2D eigenvalue weighted by molar-refractivity contribution is 7.89. The van der Waals surface area contributed by atoms with Gasteiger partial charge in [-0.05, 0) is 17.9 Å². The summed E-state index contributed by atoms with van der Waals surface area (Å²) in [6, 6.07) is 9.66.